The number of carbonyl (C=O) groups excluding carboxylic acids is 2. The second-order valence-corrected chi connectivity index (χ2v) is 6.38. The Morgan fingerprint density at radius 3 is 2.15 bits per heavy atom. The van der Waals surface area contributed by atoms with Crippen molar-refractivity contribution in [2.45, 2.75) is 26.4 Å². The molecule has 1 unspecified atom stereocenters. The van der Waals surface area contributed by atoms with Crippen LogP contribution in [0.2, 0.25) is 0 Å². The van der Waals surface area contributed by atoms with Crippen LogP contribution in [0.3, 0.4) is 0 Å². The number of nitrogens with one attached hydrogen (secondary N) is 2. The van der Waals surface area contributed by atoms with Crippen LogP contribution in [0.1, 0.15) is 41.4 Å². The van der Waals surface area contributed by atoms with Gasteiger partial charge in [0, 0.05) is 12.1 Å². The maximum atomic E-state index is 12.6. The normalized spacial score (nSPS) is 11.7. The number of benzene rings is 2. The Kier molecular flexibility index (Phi) is 6.60. The van der Waals surface area contributed by atoms with Crippen LogP contribution >= 0.6 is 0 Å². The van der Waals surface area contributed by atoms with Gasteiger partial charge in [0.2, 0.25) is 0 Å². The van der Waals surface area contributed by atoms with Crippen LogP contribution in [0.15, 0.2) is 48.5 Å². The molecule has 0 aliphatic heterocycles. The number of primary amides is 1. The van der Waals surface area contributed by atoms with Crippen LogP contribution in [-0.4, -0.2) is 19.0 Å². The van der Waals surface area contributed by atoms with E-state index >= 15 is 0 Å². The first-order valence-corrected chi connectivity index (χ1v) is 8.47. The summed E-state index contributed by atoms with van der Waals surface area (Å²) in [6.45, 7) is 4.46. The fourth-order valence-corrected chi connectivity index (χ4v) is 2.63. The van der Waals surface area contributed by atoms with Crippen molar-refractivity contribution in [1.29, 1.82) is 0 Å². The number of methoxy groups -OCH3 is 1. The molecule has 0 aromatic heterocycles. The van der Waals surface area contributed by atoms with Crippen LogP contribution in [0.4, 0.5) is 4.79 Å². The molecular formula is C20H25N3O3. The van der Waals surface area contributed by atoms with Crippen LogP contribution in [0, 0.1) is 5.92 Å². The summed E-state index contributed by atoms with van der Waals surface area (Å²) in [6, 6.07) is 14.1. The Morgan fingerprint density at radius 2 is 1.65 bits per heavy atom. The first-order chi connectivity index (χ1) is 12.4. The van der Waals surface area contributed by atoms with Crippen LogP contribution in [0.5, 0.6) is 5.75 Å². The summed E-state index contributed by atoms with van der Waals surface area (Å²) in [5.41, 5.74) is 7.51. The molecule has 1 atom stereocenters. The van der Waals surface area contributed by atoms with Gasteiger partial charge in [0.15, 0.2) is 0 Å². The van der Waals surface area contributed by atoms with Crippen molar-refractivity contribution >= 4 is 11.9 Å². The minimum atomic E-state index is -0.578. The number of rotatable bonds is 7. The molecular weight excluding hydrogens is 330 g/mol. The Hall–Kier alpha value is -3.02. The van der Waals surface area contributed by atoms with Crippen LogP contribution in [0.25, 0.3) is 0 Å². The minimum absolute atomic E-state index is 0.107. The standard InChI is InChI=1S/C20H25N3O3/c1-13(2)18(15-8-10-17(26-3)11-9-15)23-19(24)16-6-4-14(5-7-16)12-22-20(21)25/h4-11,13,18H,12H2,1-3H3,(H,23,24)(H3,21,22,25). The third-order valence-corrected chi connectivity index (χ3v) is 4.11. The molecule has 6 nitrogen and oxygen atoms in total. The summed E-state index contributed by atoms with van der Waals surface area (Å²) in [7, 11) is 1.62. The number of hydrogen-bond acceptors (Lipinski definition) is 3. The molecule has 26 heavy (non-hydrogen) atoms. The van der Waals surface area contributed by atoms with E-state index in [2.05, 4.69) is 24.5 Å². The molecule has 138 valence electrons. The van der Waals surface area contributed by atoms with E-state index < -0.39 is 6.03 Å². The molecule has 0 radical (unpaired) electrons. The van der Waals surface area contributed by atoms with Gasteiger partial charge in [0.25, 0.3) is 5.91 Å². The fourth-order valence-electron chi connectivity index (χ4n) is 2.63. The third-order valence-electron chi connectivity index (χ3n) is 4.11. The number of nitrogens with two attached hydrogens (primary N) is 1. The summed E-state index contributed by atoms with van der Waals surface area (Å²) >= 11 is 0. The fraction of sp³-hybridized carbons (Fsp3) is 0.300. The van der Waals surface area contributed by atoms with Crippen LogP contribution < -0.4 is 21.1 Å². The van der Waals surface area contributed by atoms with Crippen molar-refractivity contribution in [1.82, 2.24) is 10.6 Å². The summed E-state index contributed by atoms with van der Waals surface area (Å²) < 4.78 is 5.18. The number of carbonyl (C=O) groups is 2. The van der Waals surface area contributed by atoms with Crippen molar-refractivity contribution < 1.29 is 14.3 Å². The van der Waals surface area contributed by atoms with Gasteiger partial charge >= 0.3 is 6.03 Å². The highest BCUT2D eigenvalue weighted by Crippen LogP contribution is 2.24. The molecule has 0 spiro atoms. The van der Waals surface area contributed by atoms with Gasteiger partial charge in [-0.05, 0) is 41.3 Å². The molecule has 0 heterocycles. The van der Waals surface area contributed by atoms with Gasteiger partial charge in [0.05, 0.1) is 13.2 Å². The summed E-state index contributed by atoms with van der Waals surface area (Å²) in [6.07, 6.45) is 0. The van der Waals surface area contributed by atoms with Crippen molar-refractivity contribution in [2.24, 2.45) is 11.7 Å². The summed E-state index contributed by atoms with van der Waals surface area (Å²) in [5, 5.41) is 5.60. The second-order valence-electron chi connectivity index (χ2n) is 6.38. The first kappa shape index (κ1) is 19.3. The maximum Gasteiger partial charge on any atom is 0.312 e. The predicted molar refractivity (Wildman–Crippen MR) is 101 cm³/mol. The Labute approximate surface area is 153 Å². The quantitative estimate of drug-likeness (QED) is 0.713. The topological polar surface area (TPSA) is 93.4 Å². The van der Waals surface area contributed by atoms with Gasteiger partial charge < -0.3 is 21.1 Å². The van der Waals surface area contributed by atoms with Crippen molar-refractivity contribution in [2.75, 3.05) is 7.11 Å². The van der Waals surface area contributed by atoms with E-state index in [-0.39, 0.29) is 17.9 Å². The Morgan fingerprint density at radius 1 is 1.04 bits per heavy atom. The highest BCUT2D eigenvalue weighted by atomic mass is 16.5. The second kappa shape index (κ2) is 8.89. The number of urea groups is 1. The monoisotopic (exact) mass is 355 g/mol. The van der Waals surface area contributed by atoms with E-state index in [0.29, 0.717) is 12.1 Å². The molecule has 0 aliphatic carbocycles. The van der Waals surface area contributed by atoms with Gasteiger partial charge in [-0.1, -0.05) is 38.1 Å². The van der Waals surface area contributed by atoms with Gasteiger partial charge in [-0.25, -0.2) is 4.79 Å². The number of amides is 3. The molecule has 2 rings (SSSR count). The zero-order chi connectivity index (χ0) is 19.1. The third kappa shape index (κ3) is 5.24. The molecule has 0 fully saturated rings. The van der Waals surface area contributed by atoms with Gasteiger partial charge in [0.1, 0.15) is 5.75 Å². The Balaban J connectivity index is 2.08. The SMILES string of the molecule is COc1ccc(C(NC(=O)c2ccc(CNC(N)=O)cc2)C(C)C)cc1. The van der Waals surface area contributed by atoms with E-state index in [1.54, 1.807) is 31.4 Å². The smallest absolute Gasteiger partial charge is 0.312 e. The molecule has 3 amide bonds. The molecule has 2 aromatic rings. The van der Waals surface area contributed by atoms with Crippen molar-refractivity contribution in [3.63, 3.8) is 0 Å². The summed E-state index contributed by atoms with van der Waals surface area (Å²) in [4.78, 5) is 23.4. The zero-order valence-electron chi connectivity index (χ0n) is 15.3. The lowest BCUT2D eigenvalue weighted by atomic mass is 9.95. The van der Waals surface area contributed by atoms with Crippen molar-refractivity contribution in [3.05, 3.63) is 65.2 Å². The molecule has 4 N–H and O–H groups in total. The van der Waals surface area contributed by atoms with Crippen LogP contribution in [-0.2, 0) is 6.54 Å². The predicted octanol–water partition coefficient (Wildman–Crippen LogP) is 2.99. The molecule has 0 aliphatic rings. The van der Waals surface area contributed by atoms with Gasteiger partial charge in [-0.15, -0.1) is 0 Å². The molecule has 0 saturated carbocycles. The average Bonchev–Trinajstić information content (AvgIpc) is 2.64. The van der Waals surface area contributed by atoms with Gasteiger partial charge in [-0.3, -0.25) is 4.79 Å². The maximum absolute atomic E-state index is 12.6. The average molecular weight is 355 g/mol. The first-order valence-electron chi connectivity index (χ1n) is 8.47. The minimum Gasteiger partial charge on any atom is -0.497 e. The lowest BCUT2D eigenvalue weighted by Gasteiger charge is -2.23. The van der Waals surface area contributed by atoms with Crippen molar-refractivity contribution in [3.8, 4) is 5.75 Å². The van der Waals surface area contributed by atoms with Gasteiger partial charge in [-0.2, -0.15) is 0 Å². The molecule has 0 bridgehead atoms. The van der Waals surface area contributed by atoms with E-state index in [1.807, 2.05) is 24.3 Å². The highest BCUT2D eigenvalue weighted by molar-refractivity contribution is 5.94. The van der Waals surface area contributed by atoms with E-state index in [4.69, 9.17) is 10.5 Å². The lowest BCUT2D eigenvalue weighted by molar-refractivity contribution is 0.0925. The lowest BCUT2D eigenvalue weighted by Crippen LogP contribution is -2.31. The molecule has 6 heteroatoms. The number of hydrogen-bond donors (Lipinski definition) is 3. The van der Waals surface area contributed by atoms with E-state index in [1.165, 1.54) is 0 Å². The highest BCUT2D eigenvalue weighted by Gasteiger charge is 2.19. The largest absolute Gasteiger partial charge is 0.497 e. The molecule has 0 saturated heterocycles. The number of ether oxygens (including phenoxy) is 1. The zero-order valence-corrected chi connectivity index (χ0v) is 15.3. The summed E-state index contributed by atoms with van der Waals surface area (Å²) in [5.74, 6) is 0.864. The molecule has 2 aromatic carbocycles. The van der Waals surface area contributed by atoms with E-state index in [0.717, 1.165) is 16.9 Å². The Bertz CT molecular complexity index is 740. The van der Waals surface area contributed by atoms with E-state index in [9.17, 15) is 9.59 Å².